The molecule has 3 N–H and O–H groups in total. The summed E-state index contributed by atoms with van der Waals surface area (Å²) in [5.74, 6) is -1.46. The molecule has 5 rings (SSSR count). The molecule has 10 nitrogen and oxygen atoms in total. The first kappa shape index (κ1) is 35.9. The van der Waals surface area contributed by atoms with Crippen molar-refractivity contribution in [3.8, 4) is 11.1 Å². The molecule has 262 valence electrons. The van der Waals surface area contributed by atoms with Crippen LogP contribution in [0.2, 0.25) is 25.7 Å². The minimum atomic E-state index is -1.22. The van der Waals surface area contributed by atoms with Gasteiger partial charge in [0, 0.05) is 44.1 Å². The predicted molar refractivity (Wildman–Crippen MR) is 189 cm³/mol. The van der Waals surface area contributed by atoms with E-state index < -0.39 is 25.8 Å². The van der Waals surface area contributed by atoms with Crippen molar-refractivity contribution in [1.82, 2.24) is 24.5 Å². The summed E-state index contributed by atoms with van der Waals surface area (Å²) in [6, 6.07) is 4.35. The summed E-state index contributed by atoms with van der Waals surface area (Å²) >= 11 is 0. The maximum atomic E-state index is 15.8. The van der Waals surface area contributed by atoms with Crippen molar-refractivity contribution in [3.05, 3.63) is 46.9 Å². The molecule has 0 saturated heterocycles. The lowest BCUT2D eigenvalue weighted by Gasteiger charge is -2.41. The largest absolute Gasteiger partial charge is 0.364 e. The lowest BCUT2D eigenvalue weighted by Crippen LogP contribution is -2.39. The van der Waals surface area contributed by atoms with Gasteiger partial charge in [-0.3, -0.25) is 14.3 Å². The van der Waals surface area contributed by atoms with E-state index in [0.29, 0.717) is 47.6 Å². The highest BCUT2D eigenvalue weighted by atomic mass is 28.3. The van der Waals surface area contributed by atoms with E-state index in [9.17, 15) is 9.59 Å². The summed E-state index contributed by atoms with van der Waals surface area (Å²) in [7, 11) is 0.459. The minimum Gasteiger partial charge on any atom is -0.364 e. The molecule has 2 fully saturated rings. The summed E-state index contributed by atoms with van der Waals surface area (Å²) in [5.41, 5.74) is 9.11. The summed E-state index contributed by atoms with van der Waals surface area (Å²) in [4.78, 5) is 31.4. The molecule has 3 heterocycles. The molecule has 0 bridgehead atoms. The maximum absolute atomic E-state index is 15.8. The first-order chi connectivity index (χ1) is 22.9. The van der Waals surface area contributed by atoms with Crippen LogP contribution in [0.1, 0.15) is 97.6 Å². The highest BCUT2D eigenvalue weighted by molar-refractivity contribution is 6.76. The van der Waals surface area contributed by atoms with E-state index in [1.165, 1.54) is 17.5 Å². The van der Waals surface area contributed by atoms with Gasteiger partial charge in [0.1, 0.15) is 18.2 Å². The fourth-order valence-electron chi connectivity index (χ4n) is 8.11. The number of aromatic nitrogens is 5. The summed E-state index contributed by atoms with van der Waals surface area (Å²) in [6.45, 7) is 11.6. The molecule has 0 spiro atoms. The Bertz CT molecular complexity index is 1570. The second-order valence-electron chi connectivity index (χ2n) is 15.2. The number of halogens is 1. The quantitative estimate of drug-likeness (QED) is 0.110. The molecule has 12 heteroatoms. The monoisotopic (exact) mass is 679 g/mol. The van der Waals surface area contributed by atoms with E-state index in [1.807, 2.05) is 13.8 Å². The van der Waals surface area contributed by atoms with Crippen LogP contribution < -0.4 is 11.1 Å². The zero-order valence-electron chi connectivity index (χ0n) is 29.6. The normalized spacial score (nSPS) is 17.2. The number of primary amides is 1. The lowest BCUT2D eigenvalue weighted by molar-refractivity contribution is -0.120. The van der Waals surface area contributed by atoms with Crippen LogP contribution in [0.5, 0.6) is 0 Å². The van der Waals surface area contributed by atoms with Gasteiger partial charge in [0.05, 0.1) is 17.8 Å². The number of amides is 2. The SMILES string of the molecule is Cc1nn(COCC[Si](C)(C)C)c(C)c1-c1ccc(NC(=O)[C@H](c2cnn(C)c2C(N)=O)C(C2CCCCC2)C2CCCCC2)nc1F. The summed E-state index contributed by atoms with van der Waals surface area (Å²) in [5, 5.41) is 12.0. The molecule has 3 aromatic rings. The van der Waals surface area contributed by atoms with Gasteiger partial charge in [0.25, 0.3) is 5.91 Å². The Balaban J connectivity index is 1.43. The minimum absolute atomic E-state index is 0.0149. The average Bonchev–Trinajstić information content (AvgIpc) is 3.56. The van der Waals surface area contributed by atoms with Crippen molar-refractivity contribution in [2.24, 2.45) is 30.5 Å². The molecule has 2 aliphatic rings. The molecule has 0 unspecified atom stereocenters. The standard InChI is InChI=1S/C36H54FN7O3Si/c1-23-30(24(2)44(42-23)22-47-19-20-48(4,5)6)27-17-18-29(40-34(27)37)41-36(46)32(28-21-39-43(3)33(28)35(38)45)31(25-13-9-7-10-14-25)26-15-11-8-12-16-26/h17-18,21,25-26,31-32H,7-16,19-20,22H2,1-6H3,(H2,38,45)(H,40,41,46)/t32-/m1/s1. The topological polar surface area (TPSA) is 130 Å². The Labute approximate surface area is 285 Å². The third-order valence-electron chi connectivity index (χ3n) is 10.6. The fourth-order valence-corrected chi connectivity index (χ4v) is 8.87. The number of rotatable bonds is 13. The number of carbonyl (C=O) groups excluding carboxylic acids is 2. The molecular weight excluding hydrogens is 626 g/mol. The van der Waals surface area contributed by atoms with E-state index in [2.05, 4.69) is 40.1 Å². The van der Waals surface area contributed by atoms with Gasteiger partial charge in [-0.1, -0.05) is 83.8 Å². The van der Waals surface area contributed by atoms with Gasteiger partial charge >= 0.3 is 0 Å². The van der Waals surface area contributed by atoms with E-state index in [1.54, 1.807) is 30.1 Å². The Morgan fingerprint density at radius 2 is 1.67 bits per heavy atom. The molecule has 2 amide bonds. The maximum Gasteiger partial charge on any atom is 0.267 e. The Morgan fingerprint density at radius 1 is 1.04 bits per heavy atom. The van der Waals surface area contributed by atoms with E-state index >= 15 is 4.39 Å². The van der Waals surface area contributed by atoms with Crippen LogP contribution in [0.4, 0.5) is 10.2 Å². The van der Waals surface area contributed by atoms with Crippen molar-refractivity contribution in [1.29, 1.82) is 0 Å². The smallest absolute Gasteiger partial charge is 0.267 e. The molecule has 1 atom stereocenters. The van der Waals surface area contributed by atoms with Gasteiger partial charge in [-0.05, 0) is 49.8 Å². The van der Waals surface area contributed by atoms with Crippen molar-refractivity contribution >= 4 is 25.7 Å². The van der Waals surface area contributed by atoms with E-state index in [4.69, 9.17) is 10.5 Å². The zero-order chi connectivity index (χ0) is 34.6. The number of nitrogens with one attached hydrogen (secondary N) is 1. The number of hydrogen-bond acceptors (Lipinski definition) is 6. The molecule has 0 radical (unpaired) electrons. The van der Waals surface area contributed by atoms with E-state index in [-0.39, 0.29) is 23.3 Å². The fraction of sp³-hybridized carbons (Fsp3) is 0.639. The number of aryl methyl sites for hydroxylation is 2. The van der Waals surface area contributed by atoms with Crippen molar-refractivity contribution in [2.75, 3.05) is 11.9 Å². The first-order valence-electron chi connectivity index (χ1n) is 17.8. The van der Waals surface area contributed by atoms with Gasteiger partial charge in [-0.2, -0.15) is 14.6 Å². The second kappa shape index (κ2) is 15.4. The van der Waals surface area contributed by atoms with Gasteiger partial charge in [-0.15, -0.1) is 0 Å². The third-order valence-corrected chi connectivity index (χ3v) is 12.3. The highest BCUT2D eigenvalue weighted by Crippen LogP contribution is 2.48. The molecule has 3 aromatic heterocycles. The van der Waals surface area contributed by atoms with Gasteiger partial charge < -0.3 is 15.8 Å². The summed E-state index contributed by atoms with van der Waals surface area (Å²) < 4.78 is 25.0. The lowest BCUT2D eigenvalue weighted by atomic mass is 9.63. The number of nitrogens with zero attached hydrogens (tertiary/aromatic N) is 5. The number of ether oxygens (including phenoxy) is 1. The number of carbonyl (C=O) groups is 2. The van der Waals surface area contributed by atoms with Crippen molar-refractivity contribution in [3.63, 3.8) is 0 Å². The zero-order valence-corrected chi connectivity index (χ0v) is 30.6. The van der Waals surface area contributed by atoms with Crippen molar-refractivity contribution < 1.29 is 18.7 Å². The highest BCUT2D eigenvalue weighted by Gasteiger charge is 2.43. The molecule has 2 saturated carbocycles. The first-order valence-corrected chi connectivity index (χ1v) is 21.5. The average molecular weight is 680 g/mol. The number of pyridine rings is 1. The molecular formula is C36H54FN7O3Si. The number of anilines is 1. The van der Waals surface area contributed by atoms with Crippen molar-refractivity contribution in [2.45, 2.75) is 116 Å². The Kier molecular flexibility index (Phi) is 11.6. The Morgan fingerprint density at radius 3 is 2.23 bits per heavy atom. The van der Waals surface area contributed by atoms with Crippen LogP contribution in [0.15, 0.2) is 18.3 Å². The second-order valence-corrected chi connectivity index (χ2v) is 20.8. The molecule has 2 aliphatic carbocycles. The van der Waals surface area contributed by atoms with Gasteiger partial charge in [0.15, 0.2) is 0 Å². The molecule has 0 aromatic carbocycles. The van der Waals surface area contributed by atoms with E-state index in [0.717, 1.165) is 63.1 Å². The number of hydrogen-bond donors (Lipinski definition) is 2. The van der Waals surface area contributed by atoms with Crippen LogP contribution in [0, 0.1) is 37.5 Å². The molecule has 48 heavy (non-hydrogen) atoms. The summed E-state index contributed by atoms with van der Waals surface area (Å²) in [6.07, 6.45) is 12.7. The third kappa shape index (κ3) is 8.24. The molecule has 0 aliphatic heterocycles. The van der Waals surface area contributed by atoms with Gasteiger partial charge in [0.2, 0.25) is 11.9 Å². The van der Waals surface area contributed by atoms with Crippen LogP contribution in [0.3, 0.4) is 0 Å². The Hall–Kier alpha value is -3.38. The van der Waals surface area contributed by atoms with Gasteiger partial charge in [-0.25, -0.2) is 9.67 Å². The van der Waals surface area contributed by atoms with Crippen LogP contribution in [0.25, 0.3) is 11.1 Å². The van der Waals surface area contributed by atoms with Crippen LogP contribution >= 0.6 is 0 Å². The van der Waals surface area contributed by atoms with Crippen LogP contribution in [-0.2, 0) is 23.3 Å². The van der Waals surface area contributed by atoms with Crippen LogP contribution in [-0.4, -0.2) is 51.0 Å². The number of nitrogens with two attached hydrogens (primary N) is 1. The predicted octanol–water partition coefficient (Wildman–Crippen LogP) is 7.34.